The molecule has 0 heterocycles. The number of ether oxygens (including phenoxy) is 2. The molecule has 7 heteroatoms. The normalized spacial score (nSPS) is 11.6. The van der Waals surface area contributed by atoms with Crippen LogP contribution in [0.15, 0.2) is 60.7 Å². The summed E-state index contributed by atoms with van der Waals surface area (Å²) in [5, 5.41) is 15.7. The van der Waals surface area contributed by atoms with Crippen molar-refractivity contribution in [3.05, 3.63) is 76.3 Å². The molecule has 0 amide bonds. The van der Waals surface area contributed by atoms with Gasteiger partial charge in [-0.25, -0.2) is 4.79 Å². The van der Waals surface area contributed by atoms with Gasteiger partial charge < -0.3 is 14.8 Å². The van der Waals surface area contributed by atoms with Crippen LogP contribution in [0, 0.1) is 10.1 Å². The second-order valence-corrected chi connectivity index (χ2v) is 6.17. The third-order valence-corrected chi connectivity index (χ3v) is 4.53. The van der Waals surface area contributed by atoms with Crippen LogP contribution in [-0.4, -0.2) is 31.2 Å². The Balaban J connectivity index is 1.99. The second-order valence-electron chi connectivity index (χ2n) is 6.17. The number of carbonyl (C=O) groups excluding carboxylic acids is 1. The monoisotopic (exact) mass is 380 g/mol. The molecule has 0 unspecified atom stereocenters. The van der Waals surface area contributed by atoms with Crippen LogP contribution >= 0.6 is 0 Å². The van der Waals surface area contributed by atoms with Crippen LogP contribution < -0.4 is 10.1 Å². The minimum atomic E-state index is -0.689. The zero-order valence-electron chi connectivity index (χ0n) is 15.5. The molecule has 0 bridgehead atoms. The number of nitrogens with zero attached hydrogens (tertiary/aromatic N) is 1. The van der Waals surface area contributed by atoms with Gasteiger partial charge in [-0.05, 0) is 23.8 Å². The Kier molecular flexibility index (Phi) is 5.74. The molecule has 7 nitrogen and oxygen atoms in total. The molecular formula is C21H20N2O5. The van der Waals surface area contributed by atoms with Crippen molar-refractivity contribution in [1.82, 2.24) is 0 Å². The van der Waals surface area contributed by atoms with Gasteiger partial charge in [0.15, 0.2) is 0 Å². The fraction of sp³-hybridized carbons (Fsp3) is 0.190. The Morgan fingerprint density at radius 1 is 1.04 bits per heavy atom. The first-order valence-electron chi connectivity index (χ1n) is 8.67. The lowest BCUT2D eigenvalue weighted by Gasteiger charge is -2.20. The number of nitrogens with one attached hydrogen (secondary N) is 1. The number of benzene rings is 3. The lowest BCUT2D eigenvalue weighted by atomic mass is 10.0. The fourth-order valence-electron chi connectivity index (χ4n) is 3.18. The topological polar surface area (TPSA) is 90.7 Å². The molecule has 0 aliphatic rings. The molecule has 0 saturated carbocycles. The number of nitro benzene ring substituents is 1. The summed E-state index contributed by atoms with van der Waals surface area (Å²) in [4.78, 5) is 23.3. The molecule has 1 atom stereocenters. The van der Waals surface area contributed by atoms with Crippen molar-refractivity contribution in [1.29, 1.82) is 0 Å². The summed E-state index contributed by atoms with van der Waals surface area (Å²) in [6, 6.07) is 16.8. The van der Waals surface area contributed by atoms with Gasteiger partial charge in [0, 0.05) is 23.6 Å². The van der Waals surface area contributed by atoms with Crippen molar-refractivity contribution in [2.45, 2.75) is 12.5 Å². The molecule has 0 fully saturated rings. The molecule has 3 rings (SSSR count). The summed E-state index contributed by atoms with van der Waals surface area (Å²) in [5.41, 5.74) is 1.48. The molecule has 0 saturated heterocycles. The van der Waals surface area contributed by atoms with Crippen molar-refractivity contribution in [2.75, 3.05) is 19.5 Å². The van der Waals surface area contributed by atoms with Crippen LogP contribution in [0.1, 0.15) is 5.56 Å². The van der Waals surface area contributed by atoms with Gasteiger partial charge in [-0.2, -0.15) is 0 Å². The molecule has 28 heavy (non-hydrogen) atoms. The number of fused-ring (bicyclic) bond motifs is 1. The first kappa shape index (κ1) is 19.2. The predicted molar refractivity (Wildman–Crippen MR) is 107 cm³/mol. The van der Waals surface area contributed by atoms with E-state index in [1.807, 2.05) is 24.3 Å². The molecule has 0 spiro atoms. The molecule has 0 radical (unpaired) electrons. The highest BCUT2D eigenvalue weighted by Gasteiger charge is 2.23. The van der Waals surface area contributed by atoms with E-state index in [0.717, 1.165) is 5.56 Å². The summed E-state index contributed by atoms with van der Waals surface area (Å²) in [6.07, 6.45) is 0.335. The number of non-ortho nitro benzene ring substituents is 1. The van der Waals surface area contributed by atoms with Crippen molar-refractivity contribution in [3.8, 4) is 5.75 Å². The number of nitro groups is 1. The lowest BCUT2D eigenvalue weighted by Crippen LogP contribution is -2.33. The number of carbonyl (C=O) groups is 1. The molecule has 3 aromatic rings. The van der Waals surface area contributed by atoms with Gasteiger partial charge in [-0.15, -0.1) is 0 Å². The van der Waals surface area contributed by atoms with Gasteiger partial charge in [-0.1, -0.05) is 36.4 Å². The summed E-state index contributed by atoms with van der Waals surface area (Å²) in [6.45, 7) is 0. The molecule has 3 aromatic carbocycles. The third-order valence-electron chi connectivity index (χ3n) is 4.53. The Morgan fingerprint density at radius 3 is 2.39 bits per heavy atom. The van der Waals surface area contributed by atoms with Gasteiger partial charge in [0.1, 0.15) is 11.8 Å². The van der Waals surface area contributed by atoms with Crippen molar-refractivity contribution < 1.29 is 19.2 Å². The smallest absolute Gasteiger partial charge is 0.328 e. The van der Waals surface area contributed by atoms with Crippen LogP contribution in [0.2, 0.25) is 0 Å². The van der Waals surface area contributed by atoms with E-state index >= 15 is 0 Å². The molecule has 0 aromatic heterocycles. The van der Waals surface area contributed by atoms with E-state index in [1.165, 1.54) is 13.2 Å². The summed E-state index contributed by atoms with van der Waals surface area (Å²) in [5.74, 6) is 0.236. The molecule has 1 N–H and O–H groups in total. The first-order chi connectivity index (χ1) is 13.5. The van der Waals surface area contributed by atoms with Crippen molar-refractivity contribution in [3.63, 3.8) is 0 Å². The zero-order valence-corrected chi connectivity index (χ0v) is 15.5. The maximum absolute atomic E-state index is 12.4. The van der Waals surface area contributed by atoms with Gasteiger partial charge in [0.2, 0.25) is 0 Å². The maximum atomic E-state index is 12.4. The molecule has 0 aliphatic carbocycles. The van der Waals surface area contributed by atoms with Crippen LogP contribution in [-0.2, 0) is 16.0 Å². The Hall–Kier alpha value is -3.61. The van der Waals surface area contributed by atoms with Gasteiger partial charge in [-0.3, -0.25) is 10.1 Å². The molecule has 144 valence electrons. The highest BCUT2D eigenvalue weighted by atomic mass is 16.6. The van der Waals surface area contributed by atoms with E-state index in [4.69, 9.17) is 9.47 Å². The Bertz CT molecular complexity index is 1020. The first-order valence-corrected chi connectivity index (χ1v) is 8.67. The highest BCUT2D eigenvalue weighted by molar-refractivity contribution is 6.00. The number of hydrogen-bond donors (Lipinski definition) is 1. The summed E-state index contributed by atoms with van der Waals surface area (Å²) < 4.78 is 10.3. The number of hydrogen-bond acceptors (Lipinski definition) is 6. The average Bonchev–Trinajstić information content (AvgIpc) is 2.72. The van der Waals surface area contributed by atoms with Gasteiger partial charge in [0.25, 0.3) is 5.69 Å². The number of esters is 1. The Labute approximate surface area is 162 Å². The van der Waals surface area contributed by atoms with Gasteiger partial charge in [0.05, 0.1) is 24.5 Å². The standard InChI is InChI=1S/C21H20N2O5/c1-27-20-10-6-3-7-14(20)13-18(21(24)28-2)22-17-11-12-19(23(25)26)16-9-5-4-8-15(16)17/h3-12,18,22H,13H2,1-2H3/t18-/m0/s1. The summed E-state index contributed by atoms with van der Waals surface area (Å²) in [7, 11) is 2.90. The van der Waals surface area contributed by atoms with Crippen LogP contribution in [0.3, 0.4) is 0 Å². The van der Waals surface area contributed by atoms with E-state index in [-0.39, 0.29) is 5.69 Å². The number of methoxy groups -OCH3 is 2. The van der Waals surface area contributed by atoms with Gasteiger partial charge >= 0.3 is 5.97 Å². The van der Waals surface area contributed by atoms with Crippen molar-refractivity contribution in [2.24, 2.45) is 0 Å². The zero-order chi connectivity index (χ0) is 20.1. The number of para-hydroxylation sites is 1. The SMILES string of the molecule is COC(=O)[C@H](Cc1ccccc1OC)Nc1ccc([N+](=O)[O-])c2ccccc12. The van der Waals surface area contributed by atoms with Crippen LogP contribution in [0.25, 0.3) is 10.8 Å². The lowest BCUT2D eigenvalue weighted by molar-refractivity contribution is -0.383. The van der Waals surface area contributed by atoms with E-state index in [0.29, 0.717) is 28.6 Å². The maximum Gasteiger partial charge on any atom is 0.328 e. The predicted octanol–water partition coefficient (Wildman–Crippen LogP) is 3.95. The van der Waals surface area contributed by atoms with E-state index in [2.05, 4.69) is 5.32 Å². The Morgan fingerprint density at radius 2 is 1.71 bits per heavy atom. The molecule has 0 aliphatic heterocycles. The van der Waals surface area contributed by atoms with E-state index in [9.17, 15) is 14.9 Å². The van der Waals surface area contributed by atoms with Crippen LogP contribution in [0.4, 0.5) is 11.4 Å². The quantitative estimate of drug-likeness (QED) is 0.379. The minimum absolute atomic E-state index is 0.0143. The fourth-order valence-corrected chi connectivity index (χ4v) is 3.18. The third kappa shape index (κ3) is 3.88. The minimum Gasteiger partial charge on any atom is -0.496 e. The van der Waals surface area contributed by atoms with Crippen LogP contribution in [0.5, 0.6) is 5.75 Å². The second kappa shape index (κ2) is 8.39. The largest absolute Gasteiger partial charge is 0.496 e. The average molecular weight is 380 g/mol. The molecular weight excluding hydrogens is 360 g/mol. The number of anilines is 1. The highest BCUT2D eigenvalue weighted by Crippen LogP contribution is 2.32. The summed E-state index contributed by atoms with van der Waals surface area (Å²) >= 11 is 0. The van der Waals surface area contributed by atoms with E-state index in [1.54, 1.807) is 37.4 Å². The van der Waals surface area contributed by atoms with E-state index < -0.39 is 16.9 Å². The van der Waals surface area contributed by atoms with Crippen molar-refractivity contribution >= 4 is 28.1 Å². The number of rotatable bonds is 7.